The molecule has 7 heteroatoms. The van der Waals surface area contributed by atoms with Crippen molar-refractivity contribution in [1.82, 2.24) is 9.29 Å². The minimum Gasteiger partial charge on any atom is -0.387 e. The summed E-state index contributed by atoms with van der Waals surface area (Å²) in [5, 5.41) is 18.7. The fourth-order valence-electron chi connectivity index (χ4n) is 2.09. The number of aromatic nitrogens is 1. The summed E-state index contributed by atoms with van der Waals surface area (Å²) in [6.07, 6.45) is 1.36. The van der Waals surface area contributed by atoms with Gasteiger partial charge >= 0.3 is 0 Å². The van der Waals surface area contributed by atoms with Gasteiger partial charge in [0.25, 0.3) is 0 Å². The molecular formula is C15H17N3O3S. The molecule has 0 fully saturated rings. The Morgan fingerprint density at radius 3 is 2.55 bits per heavy atom. The van der Waals surface area contributed by atoms with Crippen molar-refractivity contribution in [3.05, 3.63) is 53.9 Å². The second kappa shape index (κ2) is 6.75. The normalized spacial score (nSPS) is 12.8. The van der Waals surface area contributed by atoms with E-state index in [4.69, 9.17) is 5.26 Å². The van der Waals surface area contributed by atoms with Crippen LogP contribution in [0.15, 0.2) is 47.5 Å². The molecule has 0 saturated carbocycles. The summed E-state index contributed by atoms with van der Waals surface area (Å²) in [5.74, 6) is 0. The van der Waals surface area contributed by atoms with Gasteiger partial charge in [0.1, 0.15) is 0 Å². The third-order valence-electron chi connectivity index (χ3n) is 3.33. The lowest BCUT2D eigenvalue weighted by molar-refractivity contribution is 0.161. The predicted octanol–water partition coefficient (Wildman–Crippen LogP) is 1.30. The van der Waals surface area contributed by atoms with Crippen molar-refractivity contribution in [3.63, 3.8) is 0 Å². The number of benzene rings is 1. The molecule has 0 bridgehead atoms. The molecule has 116 valence electrons. The van der Waals surface area contributed by atoms with E-state index in [-0.39, 0.29) is 17.9 Å². The highest BCUT2D eigenvalue weighted by Crippen LogP contribution is 2.16. The van der Waals surface area contributed by atoms with Gasteiger partial charge in [-0.05, 0) is 42.8 Å². The van der Waals surface area contributed by atoms with E-state index in [2.05, 4.69) is 4.72 Å². The molecule has 0 saturated heterocycles. The highest BCUT2D eigenvalue weighted by atomic mass is 32.2. The molecule has 2 aromatic rings. The van der Waals surface area contributed by atoms with Crippen LogP contribution in [0.3, 0.4) is 0 Å². The number of aliphatic hydroxyl groups is 1. The number of hydrogen-bond donors (Lipinski definition) is 2. The fourth-order valence-corrected chi connectivity index (χ4v) is 3.14. The summed E-state index contributed by atoms with van der Waals surface area (Å²) in [4.78, 5) is 0.0971. The maximum Gasteiger partial charge on any atom is 0.240 e. The van der Waals surface area contributed by atoms with Crippen LogP contribution in [0.25, 0.3) is 0 Å². The van der Waals surface area contributed by atoms with Gasteiger partial charge in [-0.15, -0.1) is 0 Å². The van der Waals surface area contributed by atoms with E-state index in [0.717, 1.165) is 5.69 Å². The zero-order chi connectivity index (χ0) is 16.2. The molecule has 0 aliphatic carbocycles. The van der Waals surface area contributed by atoms with Gasteiger partial charge in [0.15, 0.2) is 0 Å². The first-order chi connectivity index (χ1) is 10.4. The summed E-state index contributed by atoms with van der Waals surface area (Å²) < 4.78 is 28.4. The van der Waals surface area contributed by atoms with Gasteiger partial charge < -0.3 is 9.67 Å². The van der Waals surface area contributed by atoms with Gasteiger partial charge in [-0.25, -0.2) is 13.1 Å². The Balaban J connectivity index is 1.95. The summed E-state index contributed by atoms with van der Waals surface area (Å²) in [6.45, 7) is 0.120. The highest BCUT2D eigenvalue weighted by Gasteiger charge is 2.15. The number of nitriles is 1. The number of rotatable bonds is 6. The average Bonchev–Trinajstić information content (AvgIpc) is 2.93. The van der Waals surface area contributed by atoms with Gasteiger partial charge in [0.2, 0.25) is 10.0 Å². The van der Waals surface area contributed by atoms with Crippen LogP contribution in [0.4, 0.5) is 0 Å². The molecule has 0 amide bonds. The lowest BCUT2D eigenvalue weighted by atomic mass is 10.2. The molecule has 1 atom stereocenters. The fraction of sp³-hybridized carbons (Fsp3) is 0.267. The number of nitrogens with one attached hydrogen (secondary N) is 1. The molecule has 6 nitrogen and oxygen atoms in total. The van der Waals surface area contributed by atoms with E-state index in [0.29, 0.717) is 5.56 Å². The van der Waals surface area contributed by atoms with Crippen molar-refractivity contribution in [2.75, 3.05) is 6.54 Å². The maximum atomic E-state index is 12.1. The van der Waals surface area contributed by atoms with Gasteiger partial charge in [-0.1, -0.05) is 0 Å². The second-order valence-corrected chi connectivity index (χ2v) is 6.65. The van der Waals surface area contributed by atoms with Crippen LogP contribution < -0.4 is 4.72 Å². The van der Waals surface area contributed by atoms with Gasteiger partial charge in [-0.2, -0.15) is 5.26 Å². The molecule has 22 heavy (non-hydrogen) atoms. The largest absolute Gasteiger partial charge is 0.387 e. The zero-order valence-electron chi connectivity index (χ0n) is 12.1. The Labute approximate surface area is 129 Å². The van der Waals surface area contributed by atoms with E-state index in [1.807, 2.05) is 25.4 Å². The maximum absolute atomic E-state index is 12.1. The Morgan fingerprint density at radius 2 is 2.00 bits per heavy atom. The number of nitrogens with zero attached hydrogens (tertiary/aromatic N) is 2. The summed E-state index contributed by atoms with van der Waals surface area (Å²) in [7, 11) is -1.82. The van der Waals surface area contributed by atoms with E-state index >= 15 is 0 Å². The molecule has 2 rings (SSSR count). The zero-order valence-corrected chi connectivity index (χ0v) is 12.9. The first-order valence-corrected chi connectivity index (χ1v) is 8.21. The summed E-state index contributed by atoms with van der Waals surface area (Å²) in [5.41, 5.74) is 1.13. The second-order valence-electron chi connectivity index (χ2n) is 4.88. The van der Waals surface area contributed by atoms with Crippen LogP contribution in [0.5, 0.6) is 0 Å². The number of aliphatic hydroxyl groups excluding tert-OH is 1. The first kappa shape index (κ1) is 16.2. The topological polar surface area (TPSA) is 95.1 Å². The average molecular weight is 319 g/mol. The van der Waals surface area contributed by atoms with Crippen LogP contribution in [-0.4, -0.2) is 24.6 Å². The van der Waals surface area contributed by atoms with Crippen LogP contribution >= 0.6 is 0 Å². The lowest BCUT2D eigenvalue weighted by Gasteiger charge is -2.13. The Kier molecular flexibility index (Phi) is 4.98. The third-order valence-corrected chi connectivity index (χ3v) is 4.81. The molecule has 0 aliphatic heterocycles. The first-order valence-electron chi connectivity index (χ1n) is 6.73. The van der Waals surface area contributed by atoms with E-state index in [1.54, 1.807) is 10.6 Å². The predicted molar refractivity (Wildman–Crippen MR) is 81.3 cm³/mol. The van der Waals surface area contributed by atoms with Crippen LogP contribution in [0.1, 0.15) is 23.8 Å². The quantitative estimate of drug-likeness (QED) is 0.839. The van der Waals surface area contributed by atoms with Crippen molar-refractivity contribution in [3.8, 4) is 6.07 Å². The standard InChI is InChI=1S/C15H17N3O3S/c1-18-10-2-3-14(18)15(19)8-9-17-22(20,21)13-6-4-12(11-16)5-7-13/h2-7,10,15,17,19H,8-9H2,1H3. The minimum absolute atomic E-state index is 0.0971. The van der Waals surface area contributed by atoms with Crippen molar-refractivity contribution in [2.24, 2.45) is 7.05 Å². The molecule has 1 heterocycles. The van der Waals surface area contributed by atoms with Crippen LogP contribution in [-0.2, 0) is 17.1 Å². The molecule has 0 aliphatic rings. The molecule has 1 aromatic heterocycles. The van der Waals surface area contributed by atoms with Crippen LogP contribution in [0.2, 0.25) is 0 Å². The van der Waals surface area contributed by atoms with Gasteiger partial charge in [0.05, 0.1) is 22.6 Å². The SMILES string of the molecule is Cn1cccc1C(O)CCNS(=O)(=O)c1ccc(C#N)cc1. The van der Waals surface area contributed by atoms with Crippen LogP contribution in [0, 0.1) is 11.3 Å². The molecular weight excluding hydrogens is 302 g/mol. The highest BCUT2D eigenvalue weighted by molar-refractivity contribution is 7.89. The molecule has 0 radical (unpaired) electrons. The minimum atomic E-state index is -3.64. The van der Waals surface area contributed by atoms with Crippen molar-refractivity contribution in [1.29, 1.82) is 5.26 Å². The number of sulfonamides is 1. The summed E-state index contributed by atoms with van der Waals surface area (Å²) in [6, 6.07) is 11.2. The molecule has 1 unspecified atom stereocenters. The molecule has 0 spiro atoms. The van der Waals surface area contributed by atoms with Gasteiger partial charge in [-0.3, -0.25) is 0 Å². The monoisotopic (exact) mass is 319 g/mol. The van der Waals surface area contributed by atoms with E-state index in [1.165, 1.54) is 24.3 Å². The third kappa shape index (κ3) is 3.74. The summed E-state index contributed by atoms with van der Waals surface area (Å²) >= 11 is 0. The number of aryl methyl sites for hydroxylation is 1. The van der Waals surface area contributed by atoms with Crippen molar-refractivity contribution < 1.29 is 13.5 Å². The van der Waals surface area contributed by atoms with Gasteiger partial charge in [0, 0.05) is 25.5 Å². The molecule has 2 N–H and O–H groups in total. The Bertz CT molecular complexity index is 773. The molecule has 1 aromatic carbocycles. The van der Waals surface area contributed by atoms with Crippen molar-refractivity contribution in [2.45, 2.75) is 17.4 Å². The lowest BCUT2D eigenvalue weighted by Crippen LogP contribution is -2.26. The smallest absolute Gasteiger partial charge is 0.240 e. The number of hydrogen-bond acceptors (Lipinski definition) is 4. The van der Waals surface area contributed by atoms with Crippen molar-refractivity contribution >= 4 is 10.0 Å². The Morgan fingerprint density at radius 1 is 1.32 bits per heavy atom. The van der Waals surface area contributed by atoms with E-state index in [9.17, 15) is 13.5 Å². The Hall–Kier alpha value is -2.14. The van der Waals surface area contributed by atoms with E-state index < -0.39 is 16.1 Å².